The number of Topliss-reactive ketones (excluding diaryl/α,β-unsaturated/α-hetero) is 1. The van der Waals surface area contributed by atoms with Gasteiger partial charge in [-0.15, -0.1) is 0 Å². The highest BCUT2D eigenvalue weighted by molar-refractivity contribution is 6.30. The first-order chi connectivity index (χ1) is 10.6. The van der Waals surface area contributed by atoms with Crippen LogP contribution in [0.1, 0.15) is 23.0 Å². The predicted octanol–water partition coefficient (Wildman–Crippen LogP) is 3.41. The monoisotopic (exact) mass is 338 g/mol. The van der Waals surface area contributed by atoms with Crippen molar-refractivity contribution < 1.29 is 15.0 Å². The Balaban J connectivity index is 2.29. The van der Waals surface area contributed by atoms with E-state index in [-0.39, 0.29) is 19.0 Å². The van der Waals surface area contributed by atoms with Crippen molar-refractivity contribution in [2.45, 2.75) is 11.8 Å². The van der Waals surface area contributed by atoms with Crippen LogP contribution < -0.4 is 0 Å². The molecule has 0 fully saturated rings. The lowest BCUT2D eigenvalue weighted by molar-refractivity contribution is -0.123. The number of benzene rings is 2. The zero-order chi connectivity index (χ0) is 16.1. The van der Waals surface area contributed by atoms with E-state index in [1.54, 1.807) is 48.5 Å². The molecule has 2 unspecified atom stereocenters. The largest absolute Gasteiger partial charge is 0.395 e. The first kappa shape index (κ1) is 17.0. The van der Waals surface area contributed by atoms with Gasteiger partial charge in [0.25, 0.3) is 0 Å². The number of halogens is 2. The van der Waals surface area contributed by atoms with Crippen molar-refractivity contribution in [3.63, 3.8) is 0 Å². The summed E-state index contributed by atoms with van der Waals surface area (Å²) in [6.07, 6.45) is 0. The molecule has 2 aromatic carbocycles. The molecule has 3 nitrogen and oxygen atoms in total. The standard InChI is InChI=1S/C17H16Cl2O3/c18-13-5-1-11(2-6-13)15(9-20)17(22)16(10-21)12-3-7-14(19)8-4-12/h1-8,15-16,20-21H,9-10H2. The lowest BCUT2D eigenvalue weighted by Gasteiger charge is -2.20. The Labute approximate surface area is 139 Å². The summed E-state index contributed by atoms with van der Waals surface area (Å²) in [5.41, 5.74) is 1.34. The van der Waals surface area contributed by atoms with E-state index in [2.05, 4.69) is 0 Å². The van der Waals surface area contributed by atoms with Gasteiger partial charge in [-0.05, 0) is 35.4 Å². The second-order valence-electron chi connectivity index (χ2n) is 4.98. The average molecular weight is 339 g/mol. The Kier molecular flexibility index (Phi) is 5.98. The summed E-state index contributed by atoms with van der Waals surface area (Å²) in [4.78, 5) is 12.7. The van der Waals surface area contributed by atoms with Gasteiger partial charge in [-0.2, -0.15) is 0 Å². The summed E-state index contributed by atoms with van der Waals surface area (Å²) in [6.45, 7) is -0.658. The van der Waals surface area contributed by atoms with Gasteiger partial charge in [-0.25, -0.2) is 0 Å². The normalized spacial score (nSPS) is 13.6. The summed E-state index contributed by atoms with van der Waals surface area (Å²) in [6, 6.07) is 13.5. The molecule has 0 aliphatic carbocycles. The molecule has 0 spiro atoms. The third-order valence-corrected chi connectivity index (χ3v) is 4.10. The van der Waals surface area contributed by atoms with Gasteiger partial charge in [0.1, 0.15) is 0 Å². The number of aliphatic hydroxyl groups excluding tert-OH is 2. The molecule has 0 aliphatic rings. The van der Waals surface area contributed by atoms with Crippen LogP contribution in [0.15, 0.2) is 48.5 Å². The van der Waals surface area contributed by atoms with Crippen molar-refractivity contribution in [2.75, 3.05) is 13.2 Å². The smallest absolute Gasteiger partial charge is 0.152 e. The van der Waals surface area contributed by atoms with Crippen molar-refractivity contribution in [3.8, 4) is 0 Å². The number of carbonyl (C=O) groups excluding carboxylic acids is 1. The fraction of sp³-hybridized carbons (Fsp3) is 0.235. The van der Waals surface area contributed by atoms with E-state index >= 15 is 0 Å². The molecule has 2 aromatic rings. The summed E-state index contributed by atoms with van der Waals surface area (Å²) in [5, 5.41) is 20.3. The fourth-order valence-corrected chi connectivity index (χ4v) is 2.60. The highest BCUT2D eigenvalue weighted by atomic mass is 35.5. The van der Waals surface area contributed by atoms with Gasteiger partial charge < -0.3 is 10.2 Å². The molecule has 0 radical (unpaired) electrons. The van der Waals surface area contributed by atoms with E-state index in [4.69, 9.17) is 23.2 Å². The van der Waals surface area contributed by atoms with Gasteiger partial charge in [0.2, 0.25) is 0 Å². The maximum absolute atomic E-state index is 12.7. The Morgan fingerprint density at radius 1 is 0.773 bits per heavy atom. The number of carbonyl (C=O) groups is 1. The number of hydrogen-bond acceptors (Lipinski definition) is 3. The fourth-order valence-electron chi connectivity index (χ4n) is 2.35. The summed E-state index contributed by atoms with van der Waals surface area (Å²) in [5.74, 6) is -1.65. The summed E-state index contributed by atoms with van der Waals surface area (Å²) in [7, 11) is 0. The van der Waals surface area contributed by atoms with Crippen LogP contribution in [0, 0.1) is 0 Å². The molecule has 0 amide bonds. The molecule has 0 saturated heterocycles. The zero-order valence-electron chi connectivity index (χ0n) is 11.7. The van der Waals surface area contributed by atoms with Gasteiger partial charge in [0.15, 0.2) is 5.78 Å². The van der Waals surface area contributed by atoms with Gasteiger partial charge in [0.05, 0.1) is 25.0 Å². The van der Waals surface area contributed by atoms with Crippen molar-refractivity contribution in [1.82, 2.24) is 0 Å². The minimum atomic E-state index is -0.704. The van der Waals surface area contributed by atoms with Gasteiger partial charge in [0, 0.05) is 10.0 Å². The van der Waals surface area contributed by atoms with Crippen LogP contribution in [0.5, 0.6) is 0 Å². The molecule has 0 aliphatic heterocycles. The first-order valence-corrected chi connectivity index (χ1v) is 7.58. The van der Waals surface area contributed by atoms with E-state index in [0.717, 1.165) is 0 Å². The van der Waals surface area contributed by atoms with E-state index in [1.165, 1.54) is 0 Å². The Hall–Kier alpha value is -1.39. The second kappa shape index (κ2) is 7.75. The molecule has 2 atom stereocenters. The van der Waals surface area contributed by atoms with Crippen LogP contribution in [-0.2, 0) is 4.79 Å². The number of hydrogen-bond donors (Lipinski definition) is 2. The van der Waals surface area contributed by atoms with Crippen LogP contribution in [0.3, 0.4) is 0 Å². The van der Waals surface area contributed by atoms with Crippen molar-refractivity contribution in [1.29, 1.82) is 0 Å². The molecular formula is C17H16Cl2O3. The molecule has 0 saturated carbocycles. The zero-order valence-corrected chi connectivity index (χ0v) is 13.3. The van der Waals surface area contributed by atoms with Crippen molar-refractivity contribution in [3.05, 3.63) is 69.7 Å². The van der Waals surface area contributed by atoms with E-state index < -0.39 is 11.8 Å². The molecular weight excluding hydrogens is 323 g/mol. The van der Waals surface area contributed by atoms with E-state index in [9.17, 15) is 15.0 Å². The quantitative estimate of drug-likeness (QED) is 0.848. The maximum Gasteiger partial charge on any atom is 0.152 e. The number of ketones is 1. The van der Waals surface area contributed by atoms with Crippen molar-refractivity contribution in [2.24, 2.45) is 0 Å². The molecule has 2 N–H and O–H groups in total. The van der Waals surface area contributed by atoms with Crippen LogP contribution in [0.4, 0.5) is 0 Å². The Bertz CT molecular complexity index is 568. The lowest BCUT2D eigenvalue weighted by atomic mass is 9.84. The molecule has 5 heteroatoms. The van der Waals surface area contributed by atoms with Gasteiger partial charge >= 0.3 is 0 Å². The summed E-state index contributed by atoms with van der Waals surface area (Å²) < 4.78 is 0. The number of rotatable bonds is 6. The Morgan fingerprint density at radius 2 is 1.09 bits per heavy atom. The molecule has 22 heavy (non-hydrogen) atoms. The molecule has 0 heterocycles. The van der Waals surface area contributed by atoms with Crippen molar-refractivity contribution >= 4 is 29.0 Å². The minimum absolute atomic E-state index is 0.241. The molecule has 0 aromatic heterocycles. The van der Waals surface area contributed by atoms with Crippen LogP contribution in [0.25, 0.3) is 0 Å². The molecule has 2 rings (SSSR count). The maximum atomic E-state index is 12.7. The van der Waals surface area contributed by atoms with Crippen LogP contribution in [0.2, 0.25) is 10.0 Å². The first-order valence-electron chi connectivity index (χ1n) is 6.83. The average Bonchev–Trinajstić information content (AvgIpc) is 2.52. The summed E-state index contributed by atoms with van der Waals surface area (Å²) >= 11 is 11.7. The van der Waals surface area contributed by atoms with Gasteiger partial charge in [-0.1, -0.05) is 47.5 Å². The number of aliphatic hydroxyl groups is 2. The molecule has 116 valence electrons. The third-order valence-electron chi connectivity index (χ3n) is 3.60. The Morgan fingerprint density at radius 3 is 1.36 bits per heavy atom. The van der Waals surface area contributed by atoms with Crippen LogP contribution >= 0.6 is 23.2 Å². The van der Waals surface area contributed by atoms with E-state index in [1.807, 2.05) is 0 Å². The van der Waals surface area contributed by atoms with Crippen LogP contribution in [-0.4, -0.2) is 29.2 Å². The topological polar surface area (TPSA) is 57.5 Å². The second-order valence-corrected chi connectivity index (χ2v) is 5.85. The van der Waals surface area contributed by atoms with Gasteiger partial charge in [-0.3, -0.25) is 4.79 Å². The highest BCUT2D eigenvalue weighted by Crippen LogP contribution is 2.28. The van der Waals surface area contributed by atoms with E-state index in [0.29, 0.717) is 21.2 Å². The third kappa shape index (κ3) is 3.87. The minimum Gasteiger partial charge on any atom is -0.395 e. The lowest BCUT2D eigenvalue weighted by Crippen LogP contribution is -2.25. The SMILES string of the molecule is O=C(C(CO)c1ccc(Cl)cc1)C(CO)c1ccc(Cl)cc1. The molecule has 0 bridgehead atoms. The highest BCUT2D eigenvalue weighted by Gasteiger charge is 2.28. The predicted molar refractivity (Wildman–Crippen MR) is 87.6 cm³/mol.